The molecule has 5 nitrogen and oxygen atoms in total. The molecule has 1 aliphatic rings. The van der Waals surface area contributed by atoms with Crippen LogP contribution in [0.5, 0.6) is 5.75 Å². The Morgan fingerprint density at radius 1 is 0.972 bits per heavy atom. The lowest BCUT2D eigenvalue weighted by Crippen LogP contribution is -2.25. The molecule has 3 aromatic carbocycles. The first-order valence-electron chi connectivity index (χ1n) is 11.9. The van der Waals surface area contributed by atoms with Gasteiger partial charge in [-0.2, -0.15) is 9.78 Å². The zero-order valence-electron chi connectivity index (χ0n) is 19.5. The molecule has 184 valence electrons. The lowest BCUT2D eigenvalue weighted by atomic mass is 9.88. The second-order valence-corrected chi connectivity index (χ2v) is 11.6. The number of rotatable bonds is 6. The van der Waals surface area contributed by atoms with Gasteiger partial charge in [0.25, 0.3) is 5.56 Å². The van der Waals surface area contributed by atoms with Crippen molar-refractivity contribution in [3.05, 3.63) is 101 Å². The standard InChI is InChI=1S/C28H24Br3N3O2/c29-21-11-12-26-24(14-21)28(35)34(27(33-26)19-6-2-1-3-7-19)32-16-18-5-4-8-23(13-18)36-17-20-9-10-22(30)15-25(20)31/h4-5,8-16,19H,1-3,6-7,17H2. The quantitative estimate of drug-likeness (QED) is 0.194. The van der Waals surface area contributed by atoms with E-state index in [0.717, 1.165) is 61.8 Å². The van der Waals surface area contributed by atoms with E-state index in [0.29, 0.717) is 17.5 Å². The van der Waals surface area contributed by atoms with E-state index in [1.807, 2.05) is 60.7 Å². The topological polar surface area (TPSA) is 56.5 Å². The average Bonchev–Trinajstić information content (AvgIpc) is 2.88. The van der Waals surface area contributed by atoms with E-state index in [9.17, 15) is 4.79 Å². The van der Waals surface area contributed by atoms with Gasteiger partial charge in [0.15, 0.2) is 0 Å². The summed E-state index contributed by atoms with van der Waals surface area (Å²) in [6.45, 7) is 0.434. The summed E-state index contributed by atoms with van der Waals surface area (Å²) in [5.41, 5.74) is 2.46. The first-order chi connectivity index (χ1) is 17.5. The van der Waals surface area contributed by atoms with Gasteiger partial charge >= 0.3 is 0 Å². The van der Waals surface area contributed by atoms with Crippen molar-refractivity contribution in [2.24, 2.45) is 5.10 Å². The second kappa shape index (κ2) is 11.4. The van der Waals surface area contributed by atoms with Crippen LogP contribution in [0.2, 0.25) is 0 Å². The Balaban J connectivity index is 1.45. The molecule has 1 saturated carbocycles. The Labute approximate surface area is 235 Å². The summed E-state index contributed by atoms with van der Waals surface area (Å²) in [5, 5.41) is 5.20. The van der Waals surface area contributed by atoms with Crippen molar-refractivity contribution < 1.29 is 4.74 Å². The monoisotopic (exact) mass is 671 g/mol. The van der Waals surface area contributed by atoms with E-state index in [2.05, 4.69) is 52.9 Å². The van der Waals surface area contributed by atoms with Crippen LogP contribution in [0, 0.1) is 0 Å². The van der Waals surface area contributed by atoms with Crippen molar-refractivity contribution in [1.82, 2.24) is 9.66 Å². The Bertz CT molecular complexity index is 1490. The predicted molar refractivity (Wildman–Crippen MR) is 155 cm³/mol. The van der Waals surface area contributed by atoms with Crippen molar-refractivity contribution in [3.63, 3.8) is 0 Å². The molecule has 8 heteroatoms. The smallest absolute Gasteiger partial charge is 0.282 e. The van der Waals surface area contributed by atoms with Crippen LogP contribution in [0.3, 0.4) is 0 Å². The fourth-order valence-corrected chi connectivity index (χ4v) is 6.03. The number of ether oxygens (including phenoxy) is 1. The molecule has 5 rings (SSSR count). The number of fused-ring (bicyclic) bond motifs is 1. The maximum atomic E-state index is 13.5. The van der Waals surface area contributed by atoms with Crippen LogP contribution < -0.4 is 10.3 Å². The van der Waals surface area contributed by atoms with Gasteiger partial charge in [-0.25, -0.2) is 4.98 Å². The van der Waals surface area contributed by atoms with E-state index in [1.54, 1.807) is 6.21 Å². The highest BCUT2D eigenvalue weighted by molar-refractivity contribution is 9.11. The van der Waals surface area contributed by atoms with Gasteiger partial charge in [-0.3, -0.25) is 4.79 Å². The van der Waals surface area contributed by atoms with Crippen LogP contribution in [0.25, 0.3) is 10.9 Å². The highest BCUT2D eigenvalue weighted by Crippen LogP contribution is 2.32. The van der Waals surface area contributed by atoms with E-state index >= 15 is 0 Å². The lowest BCUT2D eigenvalue weighted by molar-refractivity contribution is 0.305. The minimum absolute atomic E-state index is 0.148. The average molecular weight is 674 g/mol. The molecule has 1 aromatic heterocycles. The van der Waals surface area contributed by atoms with Gasteiger partial charge in [0.1, 0.15) is 18.2 Å². The van der Waals surface area contributed by atoms with Gasteiger partial charge in [-0.1, -0.05) is 85.3 Å². The highest BCUT2D eigenvalue weighted by atomic mass is 79.9. The molecule has 1 fully saturated rings. The van der Waals surface area contributed by atoms with Crippen LogP contribution in [0.1, 0.15) is 55.0 Å². The van der Waals surface area contributed by atoms with Crippen molar-refractivity contribution in [1.29, 1.82) is 0 Å². The van der Waals surface area contributed by atoms with Crippen LogP contribution in [0.4, 0.5) is 0 Å². The molecule has 0 aliphatic heterocycles. The summed E-state index contributed by atoms with van der Waals surface area (Å²) >= 11 is 10.5. The van der Waals surface area contributed by atoms with Gasteiger partial charge in [-0.05, 0) is 60.9 Å². The molecule has 0 atom stereocenters. The van der Waals surface area contributed by atoms with Crippen molar-refractivity contribution in [2.75, 3.05) is 0 Å². The van der Waals surface area contributed by atoms with Crippen LogP contribution in [-0.2, 0) is 6.61 Å². The first-order valence-corrected chi connectivity index (χ1v) is 14.3. The van der Waals surface area contributed by atoms with Gasteiger partial charge in [0.05, 0.1) is 17.1 Å². The van der Waals surface area contributed by atoms with E-state index in [-0.39, 0.29) is 11.5 Å². The van der Waals surface area contributed by atoms with Crippen LogP contribution in [0.15, 0.2) is 84.0 Å². The molecule has 1 aliphatic carbocycles. The van der Waals surface area contributed by atoms with Gasteiger partial charge in [0, 0.05) is 24.9 Å². The zero-order chi connectivity index (χ0) is 25.1. The van der Waals surface area contributed by atoms with Crippen LogP contribution in [-0.4, -0.2) is 15.9 Å². The molecule has 0 saturated heterocycles. The largest absolute Gasteiger partial charge is 0.489 e. The van der Waals surface area contributed by atoms with Gasteiger partial charge in [0.2, 0.25) is 0 Å². The Morgan fingerprint density at radius 2 is 1.75 bits per heavy atom. The van der Waals surface area contributed by atoms with Gasteiger partial charge < -0.3 is 4.74 Å². The number of hydrogen-bond acceptors (Lipinski definition) is 4. The first kappa shape index (κ1) is 25.4. The molecular formula is C28H24Br3N3O2. The fraction of sp³-hybridized carbons (Fsp3) is 0.250. The SMILES string of the molecule is O=c1c2cc(Br)ccc2nc(C2CCCCC2)n1N=Cc1cccc(OCc2ccc(Br)cc2Br)c1. The Hall–Kier alpha value is -2.29. The van der Waals surface area contributed by atoms with Crippen LogP contribution >= 0.6 is 47.8 Å². The number of hydrogen-bond donors (Lipinski definition) is 0. The maximum Gasteiger partial charge on any atom is 0.282 e. The summed E-state index contributed by atoms with van der Waals surface area (Å²) < 4.78 is 10.4. The molecule has 0 bridgehead atoms. The summed E-state index contributed by atoms with van der Waals surface area (Å²) in [6, 6.07) is 19.3. The highest BCUT2D eigenvalue weighted by Gasteiger charge is 2.22. The minimum Gasteiger partial charge on any atom is -0.489 e. The lowest BCUT2D eigenvalue weighted by Gasteiger charge is -2.22. The zero-order valence-corrected chi connectivity index (χ0v) is 24.2. The molecule has 0 N–H and O–H groups in total. The van der Waals surface area contributed by atoms with Crippen molar-refractivity contribution >= 4 is 64.9 Å². The van der Waals surface area contributed by atoms with E-state index in [1.165, 1.54) is 11.1 Å². The predicted octanol–water partition coefficient (Wildman–Crippen LogP) is 8.19. The maximum absolute atomic E-state index is 13.5. The summed E-state index contributed by atoms with van der Waals surface area (Å²) in [7, 11) is 0. The molecule has 36 heavy (non-hydrogen) atoms. The van der Waals surface area contributed by atoms with Gasteiger partial charge in [-0.15, -0.1) is 0 Å². The van der Waals surface area contributed by atoms with Crippen molar-refractivity contribution in [2.45, 2.75) is 44.6 Å². The third-order valence-corrected chi connectivity index (χ3v) is 8.12. The number of aromatic nitrogens is 2. The molecule has 0 amide bonds. The second-order valence-electron chi connectivity index (χ2n) is 8.92. The molecular weight excluding hydrogens is 650 g/mol. The Kier molecular flexibility index (Phi) is 8.03. The third kappa shape index (κ3) is 5.82. The van der Waals surface area contributed by atoms with Crippen molar-refractivity contribution in [3.8, 4) is 5.75 Å². The summed E-state index contributed by atoms with van der Waals surface area (Å²) in [6.07, 6.45) is 7.29. The number of halogens is 3. The summed E-state index contributed by atoms with van der Waals surface area (Å²) in [4.78, 5) is 18.4. The Morgan fingerprint density at radius 3 is 2.56 bits per heavy atom. The molecule has 0 radical (unpaired) electrons. The third-order valence-electron chi connectivity index (χ3n) is 6.39. The number of nitrogens with zero attached hydrogens (tertiary/aromatic N) is 3. The minimum atomic E-state index is -0.148. The van der Waals surface area contributed by atoms with E-state index < -0.39 is 0 Å². The molecule has 4 aromatic rings. The normalized spacial score (nSPS) is 14.5. The molecule has 0 spiro atoms. The summed E-state index contributed by atoms with van der Waals surface area (Å²) in [5.74, 6) is 1.71. The van der Waals surface area contributed by atoms with E-state index in [4.69, 9.17) is 9.72 Å². The molecule has 0 unspecified atom stereocenters. The number of benzene rings is 3. The fourth-order valence-electron chi connectivity index (χ4n) is 4.51. The molecule has 1 heterocycles.